The number of carbonyl (C=O) groups is 3. The molecule has 0 radical (unpaired) electrons. The fraction of sp³-hybridized carbons (Fsp3) is 0.227. The van der Waals surface area contributed by atoms with Crippen LogP contribution in [0.3, 0.4) is 0 Å². The summed E-state index contributed by atoms with van der Waals surface area (Å²) in [7, 11) is 0. The van der Waals surface area contributed by atoms with Gasteiger partial charge in [0.15, 0.2) is 0 Å². The van der Waals surface area contributed by atoms with Crippen LogP contribution in [0, 0.1) is 0 Å². The zero-order valence-electron chi connectivity index (χ0n) is 15.9. The Bertz CT molecular complexity index is 1130. The van der Waals surface area contributed by atoms with Gasteiger partial charge in [0.1, 0.15) is 18.0 Å². The van der Waals surface area contributed by atoms with Crippen molar-refractivity contribution in [2.24, 2.45) is 0 Å². The molecule has 2 aromatic carbocycles. The van der Waals surface area contributed by atoms with Crippen LogP contribution in [0.1, 0.15) is 33.3 Å². The van der Waals surface area contributed by atoms with Gasteiger partial charge in [-0.15, -0.1) is 0 Å². The van der Waals surface area contributed by atoms with Crippen LogP contribution in [0.15, 0.2) is 48.5 Å². The molecule has 0 atom stereocenters. The number of rotatable bonds is 5. The molecule has 0 unspecified atom stereocenters. The summed E-state index contributed by atoms with van der Waals surface area (Å²) in [6.45, 7) is 2.10. The Hall–Kier alpha value is -3.61. The van der Waals surface area contributed by atoms with Crippen LogP contribution in [0.4, 0.5) is 0 Å². The Labute approximate surface area is 167 Å². The molecule has 1 N–H and O–H groups in total. The summed E-state index contributed by atoms with van der Waals surface area (Å²) in [5.41, 5.74) is 2.04. The number of para-hydroxylation sites is 2. The van der Waals surface area contributed by atoms with Gasteiger partial charge >= 0.3 is 5.97 Å². The monoisotopic (exact) mass is 392 g/mol. The van der Waals surface area contributed by atoms with Gasteiger partial charge in [-0.05, 0) is 37.1 Å². The number of aromatic nitrogens is 1. The smallest absolute Gasteiger partial charge is 0.323 e. The molecule has 148 valence electrons. The molecule has 3 aromatic rings. The van der Waals surface area contributed by atoms with Crippen molar-refractivity contribution in [1.29, 1.82) is 0 Å². The largest absolute Gasteiger partial charge is 0.493 e. The maximum atomic E-state index is 13.3. The summed E-state index contributed by atoms with van der Waals surface area (Å²) in [4.78, 5) is 39.1. The molecule has 0 aliphatic carbocycles. The van der Waals surface area contributed by atoms with E-state index in [1.165, 1.54) is 9.47 Å². The molecule has 0 fully saturated rings. The van der Waals surface area contributed by atoms with Crippen molar-refractivity contribution >= 4 is 28.7 Å². The summed E-state index contributed by atoms with van der Waals surface area (Å²) in [5, 5.41) is 10.2. The van der Waals surface area contributed by atoms with E-state index in [9.17, 15) is 19.5 Å². The second-order valence-electron chi connectivity index (χ2n) is 6.77. The Balaban J connectivity index is 1.79. The quantitative estimate of drug-likeness (QED) is 0.675. The first kappa shape index (κ1) is 18.7. The highest BCUT2D eigenvalue weighted by molar-refractivity contribution is 6.14. The first-order valence-corrected chi connectivity index (χ1v) is 9.42. The zero-order valence-corrected chi connectivity index (χ0v) is 15.9. The van der Waals surface area contributed by atoms with Gasteiger partial charge < -0.3 is 14.4 Å². The molecule has 7 nitrogen and oxygen atoms in total. The normalized spacial score (nSPS) is 13.4. The number of fused-ring (bicyclic) bond motifs is 3. The summed E-state index contributed by atoms with van der Waals surface area (Å²) in [5.74, 6) is -1.56. The van der Waals surface area contributed by atoms with Crippen molar-refractivity contribution in [3.8, 4) is 5.75 Å². The average molecular weight is 392 g/mol. The first-order chi connectivity index (χ1) is 14.0. The highest BCUT2D eigenvalue weighted by atomic mass is 16.5. The van der Waals surface area contributed by atoms with Gasteiger partial charge in [-0.2, -0.15) is 0 Å². The summed E-state index contributed by atoms with van der Waals surface area (Å²) in [6.07, 6.45) is 0.469. The van der Waals surface area contributed by atoms with Crippen LogP contribution in [0.2, 0.25) is 0 Å². The van der Waals surface area contributed by atoms with Crippen LogP contribution in [-0.4, -0.2) is 45.5 Å². The van der Waals surface area contributed by atoms with Gasteiger partial charge in [0.2, 0.25) is 0 Å². The van der Waals surface area contributed by atoms with Crippen LogP contribution in [0.25, 0.3) is 10.9 Å². The minimum atomic E-state index is -1.05. The highest BCUT2D eigenvalue weighted by Crippen LogP contribution is 2.32. The Morgan fingerprint density at radius 1 is 1.10 bits per heavy atom. The molecular formula is C22H20N2O5. The van der Waals surface area contributed by atoms with E-state index < -0.39 is 17.8 Å². The topological polar surface area (TPSA) is 88.8 Å². The molecule has 7 heteroatoms. The molecule has 2 amide bonds. The molecule has 0 bridgehead atoms. The van der Waals surface area contributed by atoms with Gasteiger partial charge in [0.25, 0.3) is 11.8 Å². The fourth-order valence-corrected chi connectivity index (χ4v) is 3.89. The van der Waals surface area contributed by atoms with E-state index >= 15 is 0 Å². The van der Waals surface area contributed by atoms with Crippen molar-refractivity contribution in [2.75, 3.05) is 13.2 Å². The number of nitrogens with zero attached hydrogens (tertiary/aromatic N) is 2. The lowest BCUT2D eigenvalue weighted by atomic mass is 10.0. The third-order valence-electron chi connectivity index (χ3n) is 5.06. The number of hydrogen-bond donors (Lipinski definition) is 1. The van der Waals surface area contributed by atoms with Crippen LogP contribution in [-0.2, 0) is 17.8 Å². The number of amides is 2. The number of imide groups is 1. The van der Waals surface area contributed by atoms with Gasteiger partial charge in [-0.25, -0.2) is 0 Å². The lowest BCUT2D eigenvalue weighted by molar-refractivity contribution is -0.137. The lowest BCUT2D eigenvalue weighted by Crippen LogP contribution is -2.43. The predicted octanol–water partition coefficient (Wildman–Crippen LogP) is 2.96. The van der Waals surface area contributed by atoms with Crippen molar-refractivity contribution < 1.29 is 24.2 Å². The van der Waals surface area contributed by atoms with Gasteiger partial charge in [-0.1, -0.05) is 30.3 Å². The second kappa shape index (κ2) is 7.43. The molecule has 0 saturated heterocycles. The molecule has 4 rings (SSSR count). The van der Waals surface area contributed by atoms with Gasteiger partial charge in [0, 0.05) is 17.4 Å². The number of hydrogen-bond acceptors (Lipinski definition) is 4. The molecule has 1 aliphatic rings. The molecule has 0 spiro atoms. The van der Waals surface area contributed by atoms with Crippen molar-refractivity contribution in [1.82, 2.24) is 9.47 Å². The van der Waals surface area contributed by atoms with Crippen LogP contribution < -0.4 is 4.74 Å². The summed E-state index contributed by atoms with van der Waals surface area (Å²) in [6, 6.07) is 14.1. The Morgan fingerprint density at radius 3 is 2.59 bits per heavy atom. The standard InChI is InChI=1S/C22H20N2O5/c1-2-29-18-10-6-4-8-16(18)21(27)23-12-11-15-14-7-3-5-9-17(14)24(13-19(25)26)20(15)22(23)28/h3-10H,2,11-13H2,1H3,(H,25,26). The van der Waals surface area contributed by atoms with E-state index in [4.69, 9.17) is 4.74 Å². The maximum absolute atomic E-state index is 13.3. The SMILES string of the molecule is CCOc1ccccc1C(=O)N1CCc2c(n(CC(=O)O)c3ccccc23)C1=O. The molecule has 2 heterocycles. The van der Waals surface area contributed by atoms with Crippen molar-refractivity contribution in [3.05, 3.63) is 65.4 Å². The van der Waals surface area contributed by atoms with E-state index in [2.05, 4.69) is 0 Å². The van der Waals surface area contributed by atoms with E-state index in [0.717, 1.165) is 10.9 Å². The Kier molecular flexibility index (Phi) is 4.80. The number of aliphatic carboxylic acids is 1. The summed E-state index contributed by atoms with van der Waals surface area (Å²) < 4.78 is 7.03. The number of benzene rings is 2. The minimum Gasteiger partial charge on any atom is -0.493 e. The van der Waals surface area contributed by atoms with Crippen molar-refractivity contribution in [3.63, 3.8) is 0 Å². The number of carbonyl (C=O) groups excluding carboxylic acids is 2. The van der Waals surface area contributed by atoms with E-state index in [1.54, 1.807) is 36.4 Å². The van der Waals surface area contributed by atoms with Crippen molar-refractivity contribution in [2.45, 2.75) is 19.9 Å². The van der Waals surface area contributed by atoms with Gasteiger partial charge in [-0.3, -0.25) is 19.3 Å². The minimum absolute atomic E-state index is 0.228. The van der Waals surface area contributed by atoms with E-state index in [1.807, 2.05) is 19.1 Å². The molecule has 0 saturated carbocycles. The van der Waals surface area contributed by atoms with Crippen LogP contribution >= 0.6 is 0 Å². The summed E-state index contributed by atoms with van der Waals surface area (Å²) >= 11 is 0. The van der Waals surface area contributed by atoms with E-state index in [-0.39, 0.29) is 18.8 Å². The Morgan fingerprint density at radius 2 is 1.83 bits per heavy atom. The second-order valence-corrected chi connectivity index (χ2v) is 6.77. The van der Waals surface area contributed by atoms with Gasteiger partial charge in [0.05, 0.1) is 12.2 Å². The third-order valence-corrected chi connectivity index (χ3v) is 5.06. The predicted molar refractivity (Wildman–Crippen MR) is 106 cm³/mol. The molecule has 1 aromatic heterocycles. The van der Waals surface area contributed by atoms with E-state index in [0.29, 0.717) is 29.9 Å². The fourth-order valence-electron chi connectivity index (χ4n) is 3.89. The molecular weight excluding hydrogens is 372 g/mol. The molecule has 29 heavy (non-hydrogen) atoms. The number of ether oxygens (including phenoxy) is 1. The number of carboxylic acids is 1. The first-order valence-electron chi connectivity index (χ1n) is 9.42. The maximum Gasteiger partial charge on any atom is 0.323 e. The zero-order chi connectivity index (χ0) is 20.5. The molecule has 1 aliphatic heterocycles. The average Bonchev–Trinajstić information content (AvgIpc) is 3.03. The highest BCUT2D eigenvalue weighted by Gasteiger charge is 2.35. The number of carboxylic acid groups (broad SMARTS) is 1. The van der Waals surface area contributed by atoms with Crippen LogP contribution in [0.5, 0.6) is 5.75 Å². The third kappa shape index (κ3) is 3.14. The lowest BCUT2D eigenvalue weighted by Gasteiger charge is -2.27.